The van der Waals surface area contributed by atoms with Gasteiger partial charge in [-0.2, -0.15) is 0 Å². The molecule has 0 radical (unpaired) electrons. The van der Waals surface area contributed by atoms with E-state index >= 15 is 0 Å². The Morgan fingerprint density at radius 3 is 2.70 bits per heavy atom. The first-order chi connectivity index (χ1) is 14.5. The maximum atomic E-state index is 11.6. The number of halogens is 2. The van der Waals surface area contributed by atoms with E-state index in [1.165, 1.54) is 12.4 Å². The monoisotopic (exact) mass is 444 g/mol. The van der Waals surface area contributed by atoms with Crippen LogP contribution in [0.1, 0.15) is 0 Å². The Morgan fingerprint density at radius 2 is 2.00 bits per heavy atom. The highest BCUT2D eigenvalue weighted by atomic mass is 35.5. The second-order valence-corrected chi connectivity index (χ2v) is 7.50. The van der Waals surface area contributed by atoms with Crippen LogP contribution < -0.4 is 14.8 Å². The smallest absolute Gasteiger partial charge is 0.246 e. The van der Waals surface area contributed by atoms with Gasteiger partial charge in [0.2, 0.25) is 5.91 Å². The molecule has 1 fully saturated rings. The second kappa shape index (κ2) is 8.38. The van der Waals surface area contributed by atoms with E-state index in [2.05, 4.69) is 21.9 Å². The molecule has 1 saturated heterocycles. The highest BCUT2D eigenvalue weighted by Gasteiger charge is 2.31. The number of nitrogens with one attached hydrogen (secondary N) is 1. The van der Waals surface area contributed by atoms with Crippen LogP contribution in [0.15, 0.2) is 49.3 Å². The summed E-state index contributed by atoms with van der Waals surface area (Å²) in [5, 5.41) is 4.90. The number of aromatic nitrogens is 2. The predicted octanol–water partition coefficient (Wildman–Crippen LogP) is 4.46. The van der Waals surface area contributed by atoms with E-state index in [0.29, 0.717) is 46.0 Å². The van der Waals surface area contributed by atoms with Gasteiger partial charge in [0.15, 0.2) is 11.5 Å². The Kier molecular flexibility index (Phi) is 5.65. The van der Waals surface area contributed by atoms with Crippen LogP contribution in [-0.4, -0.2) is 47.1 Å². The van der Waals surface area contributed by atoms with Crippen LogP contribution in [0.5, 0.6) is 11.5 Å². The number of benzene rings is 2. The van der Waals surface area contributed by atoms with Crippen LogP contribution in [0.2, 0.25) is 10.0 Å². The Bertz CT molecular complexity index is 1130. The highest BCUT2D eigenvalue weighted by molar-refractivity contribution is 6.42. The fourth-order valence-electron chi connectivity index (χ4n) is 3.13. The molecule has 1 aliphatic heterocycles. The maximum Gasteiger partial charge on any atom is 0.246 e. The molecule has 4 rings (SSSR count). The minimum absolute atomic E-state index is 0.109. The van der Waals surface area contributed by atoms with Crippen molar-refractivity contribution in [2.75, 3.05) is 25.5 Å². The van der Waals surface area contributed by atoms with Crippen LogP contribution >= 0.6 is 23.2 Å². The van der Waals surface area contributed by atoms with Gasteiger partial charge >= 0.3 is 0 Å². The van der Waals surface area contributed by atoms with Gasteiger partial charge in [-0.15, -0.1) is 0 Å². The van der Waals surface area contributed by atoms with Gasteiger partial charge in [-0.1, -0.05) is 29.8 Å². The Balaban J connectivity index is 1.63. The fourth-order valence-corrected chi connectivity index (χ4v) is 3.43. The van der Waals surface area contributed by atoms with E-state index in [0.717, 1.165) is 11.1 Å². The van der Waals surface area contributed by atoms with Crippen molar-refractivity contribution in [1.82, 2.24) is 14.9 Å². The molecule has 154 valence electrons. The third-order valence-corrected chi connectivity index (χ3v) is 5.47. The van der Waals surface area contributed by atoms with Crippen LogP contribution in [-0.2, 0) is 4.79 Å². The van der Waals surface area contributed by atoms with E-state index < -0.39 is 0 Å². The topological polar surface area (TPSA) is 76.6 Å². The van der Waals surface area contributed by atoms with Crippen molar-refractivity contribution in [3.63, 3.8) is 0 Å². The lowest BCUT2D eigenvalue weighted by Gasteiger charge is -2.38. The standard InChI is InChI=1S/C21H18Cl2N4O3/c1-3-20(28)27-9-13(10-27)30-19-7-14-17(8-18(19)29-2)24-11-25-21(14)26-12-4-5-15(22)16(23)6-12/h3-8,11,13H,1,9-10H2,2H3,(H,24,25,26). The summed E-state index contributed by atoms with van der Waals surface area (Å²) in [6.07, 6.45) is 2.63. The first kappa shape index (κ1) is 20.3. The molecule has 9 heteroatoms. The molecule has 1 N–H and O–H groups in total. The summed E-state index contributed by atoms with van der Waals surface area (Å²) >= 11 is 12.1. The lowest BCUT2D eigenvalue weighted by atomic mass is 10.1. The van der Waals surface area contributed by atoms with Crippen molar-refractivity contribution < 1.29 is 14.3 Å². The van der Waals surface area contributed by atoms with Gasteiger partial charge < -0.3 is 19.7 Å². The van der Waals surface area contributed by atoms with Crippen molar-refractivity contribution >= 4 is 51.5 Å². The van der Waals surface area contributed by atoms with Crippen molar-refractivity contribution in [2.45, 2.75) is 6.10 Å². The number of rotatable bonds is 6. The van der Waals surface area contributed by atoms with Gasteiger partial charge in [0.25, 0.3) is 0 Å². The first-order valence-corrected chi connectivity index (χ1v) is 9.87. The predicted molar refractivity (Wildman–Crippen MR) is 117 cm³/mol. The molecule has 2 heterocycles. The van der Waals surface area contributed by atoms with E-state index in [-0.39, 0.29) is 12.0 Å². The highest BCUT2D eigenvalue weighted by Crippen LogP contribution is 2.36. The molecule has 7 nitrogen and oxygen atoms in total. The van der Waals surface area contributed by atoms with Gasteiger partial charge in [0.05, 0.1) is 35.8 Å². The zero-order chi connectivity index (χ0) is 21.3. The number of methoxy groups -OCH3 is 1. The molecule has 0 unspecified atom stereocenters. The summed E-state index contributed by atoms with van der Waals surface area (Å²) in [6.45, 7) is 4.48. The summed E-state index contributed by atoms with van der Waals surface area (Å²) in [6, 6.07) is 8.85. The summed E-state index contributed by atoms with van der Waals surface area (Å²) in [4.78, 5) is 22.0. The zero-order valence-corrected chi connectivity index (χ0v) is 17.6. The van der Waals surface area contributed by atoms with Gasteiger partial charge in [-0.05, 0) is 30.3 Å². The molecular weight excluding hydrogens is 427 g/mol. The molecule has 1 amide bonds. The number of nitrogens with zero attached hydrogens (tertiary/aromatic N) is 3. The average molecular weight is 445 g/mol. The van der Waals surface area contributed by atoms with E-state index in [4.69, 9.17) is 32.7 Å². The van der Waals surface area contributed by atoms with Crippen molar-refractivity contribution in [2.24, 2.45) is 0 Å². The Morgan fingerprint density at radius 1 is 1.20 bits per heavy atom. The Hall–Kier alpha value is -3.03. The minimum Gasteiger partial charge on any atom is -0.493 e. The van der Waals surface area contributed by atoms with E-state index in [1.807, 2.05) is 12.1 Å². The van der Waals surface area contributed by atoms with Crippen LogP contribution in [0.25, 0.3) is 10.9 Å². The number of carbonyl (C=O) groups is 1. The summed E-state index contributed by atoms with van der Waals surface area (Å²) in [7, 11) is 1.57. The third kappa shape index (κ3) is 3.99. The zero-order valence-electron chi connectivity index (χ0n) is 16.1. The lowest BCUT2D eigenvalue weighted by molar-refractivity contribution is -0.134. The molecular formula is C21H18Cl2N4O3. The van der Waals surface area contributed by atoms with Gasteiger partial charge in [0.1, 0.15) is 18.2 Å². The lowest BCUT2D eigenvalue weighted by Crippen LogP contribution is -2.55. The first-order valence-electron chi connectivity index (χ1n) is 9.11. The largest absolute Gasteiger partial charge is 0.493 e. The molecule has 0 bridgehead atoms. The fraction of sp³-hybridized carbons (Fsp3) is 0.190. The molecule has 3 aromatic rings. The number of amides is 1. The molecule has 30 heavy (non-hydrogen) atoms. The van der Waals surface area contributed by atoms with Crippen molar-refractivity contribution in [3.8, 4) is 11.5 Å². The minimum atomic E-state index is -0.128. The Labute approximate surface area is 183 Å². The molecule has 2 aromatic carbocycles. The number of carbonyl (C=O) groups excluding carboxylic acids is 1. The summed E-state index contributed by atoms with van der Waals surface area (Å²) < 4.78 is 11.5. The van der Waals surface area contributed by atoms with Gasteiger partial charge in [-0.25, -0.2) is 9.97 Å². The number of hydrogen-bond donors (Lipinski definition) is 1. The summed E-state index contributed by atoms with van der Waals surface area (Å²) in [5.41, 5.74) is 1.43. The van der Waals surface area contributed by atoms with E-state index in [1.54, 1.807) is 30.2 Å². The molecule has 0 atom stereocenters. The number of likely N-dealkylation sites (tertiary alicyclic amines) is 1. The normalized spacial score (nSPS) is 13.6. The molecule has 0 spiro atoms. The van der Waals surface area contributed by atoms with Crippen molar-refractivity contribution in [1.29, 1.82) is 0 Å². The molecule has 1 aromatic heterocycles. The molecule has 0 aliphatic carbocycles. The number of ether oxygens (including phenoxy) is 2. The number of anilines is 2. The van der Waals surface area contributed by atoms with Crippen LogP contribution in [0, 0.1) is 0 Å². The maximum absolute atomic E-state index is 11.6. The quantitative estimate of drug-likeness (QED) is 0.565. The third-order valence-electron chi connectivity index (χ3n) is 4.73. The van der Waals surface area contributed by atoms with Crippen LogP contribution in [0.3, 0.4) is 0 Å². The second-order valence-electron chi connectivity index (χ2n) is 6.68. The van der Waals surface area contributed by atoms with Crippen LogP contribution in [0.4, 0.5) is 11.5 Å². The molecule has 1 aliphatic rings. The molecule has 0 saturated carbocycles. The van der Waals surface area contributed by atoms with Gasteiger partial charge in [0, 0.05) is 17.1 Å². The number of fused-ring (bicyclic) bond motifs is 1. The van der Waals surface area contributed by atoms with E-state index in [9.17, 15) is 4.79 Å². The van der Waals surface area contributed by atoms with Crippen molar-refractivity contribution in [3.05, 3.63) is 59.4 Å². The SMILES string of the molecule is C=CC(=O)N1CC(Oc2cc3c(Nc4ccc(Cl)c(Cl)c4)ncnc3cc2OC)C1. The average Bonchev–Trinajstić information content (AvgIpc) is 2.72. The van der Waals surface area contributed by atoms with Gasteiger partial charge in [-0.3, -0.25) is 4.79 Å². The number of hydrogen-bond acceptors (Lipinski definition) is 6. The summed E-state index contributed by atoms with van der Waals surface area (Å²) in [5.74, 6) is 1.58.